The van der Waals surface area contributed by atoms with Crippen molar-refractivity contribution in [2.24, 2.45) is 0 Å². The van der Waals surface area contributed by atoms with Gasteiger partial charge < -0.3 is 5.32 Å². The number of anilines is 1. The molecule has 0 unspecified atom stereocenters. The minimum atomic E-state index is -0.413. The van der Waals surface area contributed by atoms with Crippen LogP contribution in [0.1, 0.15) is 11.1 Å². The fourth-order valence-corrected chi connectivity index (χ4v) is 2.07. The first kappa shape index (κ1) is 13.1. The molecular weight excluding hydrogens is 274 g/mol. The van der Waals surface area contributed by atoms with Gasteiger partial charge in [0, 0.05) is 18.3 Å². The van der Waals surface area contributed by atoms with Crippen molar-refractivity contribution in [3.05, 3.63) is 57.6 Å². The minimum Gasteiger partial charge on any atom is -0.378 e. The van der Waals surface area contributed by atoms with Gasteiger partial charge in [-0.15, -0.1) is 0 Å². The quantitative estimate of drug-likeness (QED) is 0.843. The molecule has 0 fully saturated rings. The molecule has 0 saturated carbocycles. The molecule has 0 amide bonds. The molecule has 0 atom stereocenters. The van der Waals surface area contributed by atoms with Crippen molar-refractivity contribution >= 4 is 28.9 Å². The highest BCUT2D eigenvalue weighted by atomic mass is 35.5. The molecule has 0 aliphatic carbocycles. The second kappa shape index (κ2) is 5.55. The van der Waals surface area contributed by atoms with Crippen LogP contribution in [0.3, 0.4) is 0 Å². The van der Waals surface area contributed by atoms with Crippen LogP contribution < -0.4 is 5.32 Å². The van der Waals surface area contributed by atoms with Gasteiger partial charge in [0.2, 0.25) is 0 Å². The van der Waals surface area contributed by atoms with E-state index in [2.05, 4.69) is 10.3 Å². The molecule has 2 aromatic rings. The Morgan fingerprint density at radius 2 is 2.06 bits per heavy atom. The van der Waals surface area contributed by atoms with Crippen LogP contribution in [-0.2, 0) is 6.54 Å². The number of aryl methyl sites for hydroxylation is 1. The SMILES string of the molecule is Cc1ccnc(Cl)c1NCc1cccc(Cl)c1F. The lowest BCUT2D eigenvalue weighted by molar-refractivity contribution is 0.613. The maximum atomic E-state index is 13.7. The summed E-state index contributed by atoms with van der Waals surface area (Å²) in [6.45, 7) is 2.21. The zero-order valence-electron chi connectivity index (χ0n) is 9.67. The van der Waals surface area contributed by atoms with Gasteiger partial charge in [0.1, 0.15) is 5.82 Å². The van der Waals surface area contributed by atoms with Gasteiger partial charge in [0.05, 0.1) is 10.7 Å². The summed E-state index contributed by atoms with van der Waals surface area (Å²) in [5.41, 5.74) is 2.15. The van der Waals surface area contributed by atoms with Gasteiger partial charge in [-0.2, -0.15) is 0 Å². The molecular formula is C13H11Cl2FN2. The first-order chi connectivity index (χ1) is 8.59. The molecule has 5 heteroatoms. The van der Waals surface area contributed by atoms with Gasteiger partial charge in [0.25, 0.3) is 0 Å². The van der Waals surface area contributed by atoms with E-state index >= 15 is 0 Å². The molecule has 1 aromatic heterocycles. The zero-order chi connectivity index (χ0) is 13.1. The third kappa shape index (κ3) is 2.74. The summed E-state index contributed by atoms with van der Waals surface area (Å²) in [5, 5.41) is 3.56. The van der Waals surface area contributed by atoms with Gasteiger partial charge >= 0.3 is 0 Å². The van der Waals surface area contributed by atoms with Gasteiger partial charge in [-0.3, -0.25) is 0 Å². The Kier molecular flexibility index (Phi) is 4.04. The van der Waals surface area contributed by atoms with Gasteiger partial charge in [-0.1, -0.05) is 35.3 Å². The van der Waals surface area contributed by atoms with Gasteiger partial charge in [-0.25, -0.2) is 9.37 Å². The Morgan fingerprint density at radius 3 is 2.78 bits per heavy atom. The van der Waals surface area contributed by atoms with E-state index in [9.17, 15) is 4.39 Å². The highest BCUT2D eigenvalue weighted by Crippen LogP contribution is 2.24. The van der Waals surface area contributed by atoms with E-state index in [1.165, 1.54) is 6.07 Å². The predicted octanol–water partition coefficient (Wildman–Crippen LogP) is 4.45. The highest BCUT2D eigenvalue weighted by Gasteiger charge is 2.08. The van der Waals surface area contributed by atoms with E-state index < -0.39 is 5.82 Å². The first-order valence-electron chi connectivity index (χ1n) is 5.37. The molecule has 1 aromatic carbocycles. The zero-order valence-corrected chi connectivity index (χ0v) is 11.2. The Hall–Kier alpha value is -1.32. The molecule has 0 bridgehead atoms. The van der Waals surface area contributed by atoms with E-state index in [1.54, 1.807) is 18.3 Å². The standard InChI is InChI=1S/C13H11Cl2FN2/c1-8-5-6-17-13(15)12(8)18-7-9-3-2-4-10(14)11(9)16/h2-6,18H,7H2,1H3. The van der Waals surface area contributed by atoms with Crippen molar-refractivity contribution in [2.45, 2.75) is 13.5 Å². The van der Waals surface area contributed by atoms with Crippen molar-refractivity contribution in [3.8, 4) is 0 Å². The molecule has 0 radical (unpaired) electrons. The number of halogens is 3. The number of nitrogens with zero attached hydrogens (tertiary/aromatic N) is 1. The van der Waals surface area contributed by atoms with E-state index in [1.807, 2.05) is 13.0 Å². The molecule has 0 saturated heterocycles. The summed E-state index contributed by atoms with van der Waals surface area (Å²) in [4.78, 5) is 3.98. The van der Waals surface area contributed by atoms with Crippen LogP contribution in [0.5, 0.6) is 0 Å². The summed E-state index contributed by atoms with van der Waals surface area (Å²) in [7, 11) is 0. The highest BCUT2D eigenvalue weighted by molar-refractivity contribution is 6.32. The largest absolute Gasteiger partial charge is 0.378 e. The van der Waals surface area contributed by atoms with Crippen molar-refractivity contribution in [2.75, 3.05) is 5.32 Å². The fourth-order valence-electron chi connectivity index (χ4n) is 1.61. The van der Waals surface area contributed by atoms with Crippen LogP contribution in [-0.4, -0.2) is 4.98 Å². The molecule has 94 valence electrons. The monoisotopic (exact) mass is 284 g/mol. The Morgan fingerprint density at radius 1 is 1.28 bits per heavy atom. The van der Waals surface area contributed by atoms with Crippen LogP contribution in [0, 0.1) is 12.7 Å². The smallest absolute Gasteiger partial charge is 0.152 e. The van der Waals surface area contributed by atoms with E-state index in [-0.39, 0.29) is 5.02 Å². The van der Waals surface area contributed by atoms with Crippen LogP contribution in [0.4, 0.5) is 10.1 Å². The van der Waals surface area contributed by atoms with Gasteiger partial charge in [-0.05, 0) is 24.6 Å². The van der Waals surface area contributed by atoms with Crippen molar-refractivity contribution in [3.63, 3.8) is 0 Å². The third-order valence-corrected chi connectivity index (χ3v) is 3.18. The molecule has 18 heavy (non-hydrogen) atoms. The molecule has 0 aliphatic heterocycles. The van der Waals surface area contributed by atoms with E-state index in [0.29, 0.717) is 22.9 Å². The molecule has 1 heterocycles. The number of benzene rings is 1. The van der Waals surface area contributed by atoms with E-state index in [0.717, 1.165) is 5.56 Å². The summed E-state index contributed by atoms with van der Waals surface area (Å²) >= 11 is 11.7. The second-order valence-electron chi connectivity index (χ2n) is 3.86. The maximum absolute atomic E-state index is 13.7. The van der Waals surface area contributed by atoms with Crippen LogP contribution in [0.25, 0.3) is 0 Å². The average molecular weight is 285 g/mol. The fraction of sp³-hybridized carbons (Fsp3) is 0.154. The van der Waals surface area contributed by atoms with Crippen molar-refractivity contribution < 1.29 is 4.39 Å². The average Bonchev–Trinajstić information content (AvgIpc) is 2.33. The molecule has 0 spiro atoms. The lowest BCUT2D eigenvalue weighted by Crippen LogP contribution is -2.04. The summed E-state index contributed by atoms with van der Waals surface area (Å²) < 4.78 is 13.7. The molecule has 1 N–H and O–H groups in total. The first-order valence-corrected chi connectivity index (χ1v) is 6.13. The Bertz CT molecular complexity index is 553. The number of aromatic nitrogens is 1. The summed E-state index contributed by atoms with van der Waals surface area (Å²) in [6, 6.07) is 6.74. The van der Waals surface area contributed by atoms with Crippen LogP contribution >= 0.6 is 23.2 Å². The number of rotatable bonds is 3. The lowest BCUT2D eigenvalue weighted by atomic mass is 10.2. The van der Waals surface area contributed by atoms with Crippen LogP contribution in [0.2, 0.25) is 10.2 Å². The van der Waals surface area contributed by atoms with Crippen molar-refractivity contribution in [1.29, 1.82) is 0 Å². The van der Waals surface area contributed by atoms with Crippen molar-refractivity contribution in [1.82, 2.24) is 4.98 Å². The predicted molar refractivity (Wildman–Crippen MR) is 72.7 cm³/mol. The maximum Gasteiger partial charge on any atom is 0.152 e. The lowest BCUT2D eigenvalue weighted by Gasteiger charge is -2.11. The van der Waals surface area contributed by atoms with Gasteiger partial charge in [0.15, 0.2) is 5.15 Å². The summed E-state index contributed by atoms with van der Waals surface area (Å²) in [6.07, 6.45) is 1.63. The number of nitrogens with one attached hydrogen (secondary N) is 1. The second-order valence-corrected chi connectivity index (χ2v) is 4.63. The van der Waals surface area contributed by atoms with E-state index in [4.69, 9.17) is 23.2 Å². The number of pyridine rings is 1. The number of hydrogen-bond acceptors (Lipinski definition) is 2. The Labute approximate surface area is 115 Å². The Balaban J connectivity index is 2.19. The normalized spacial score (nSPS) is 10.4. The summed E-state index contributed by atoms with van der Waals surface area (Å²) in [5.74, 6) is -0.413. The third-order valence-electron chi connectivity index (χ3n) is 2.60. The van der Waals surface area contributed by atoms with Crippen LogP contribution in [0.15, 0.2) is 30.5 Å². The number of hydrogen-bond donors (Lipinski definition) is 1. The minimum absolute atomic E-state index is 0.114. The molecule has 0 aliphatic rings. The molecule has 2 rings (SSSR count). The molecule has 2 nitrogen and oxygen atoms in total. The topological polar surface area (TPSA) is 24.9 Å².